The maximum Gasteiger partial charge on any atom is 0.410 e. The van der Waals surface area contributed by atoms with Gasteiger partial charge in [-0.25, -0.2) is 9.18 Å². The average Bonchev–Trinajstić information content (AvgIpc) is 2.76. The number of nitrogens with zero attached hydrogens (tertiary/aromatic N) is 2. The summed E-state index contributed by atoms with van der Waals surface area (Å²) in [4.78, 5) is 28.8. The molecule has 0 atom stereocenters. The zero-order valence-electron chi connectivity index (χ0n) is 19.2. The van der Waals surface area contributed by atoms with Crippen molar-refractivity contribution in [1.82, 2.24) is 4.90 Å². The molecule has 33 heavy (non-hydrogen) atoms. The fourth-order valence-corrected chi connectivity index (χ4v) is 3.86. The molecule has 1 aliphatic rings. The number of ketones is 1. The molecule has 0 unspecified atom stereocenters. The number of hydrogen-bond donors (Lipinski definition) is 0. The number of allylic oxidation sites excluding steroid dienone is 1. The molecule has 2 aromatic rings. The molecule has 8 heteroatoms. The van der Waals surface area contributed by atoms with Crippen LogP contribution >= 0.6 is 15.9 Å². The van der Waals surface area contributed by atoms with Crippen molar-refractivity contribution < 1.29 is 23.5 Å². The van der Waals surface area contributed by atoms with Gasteiger partial charge in [-0.1, -0.05) is 15.9 Å². The van der Waals surface area contributed by atoms with Crippen LogP contribution in [0.3, 0.4) is 0 Å². The number of carbonyl (C=O) groups excluding carboxylic acids is 2. The van der Waals surface area contributed by atoms with E-state index in [2.05, 4.69) is 20.8 Å². The van der Waals surface area contributed by atoms with Gasteiger partial charge in [-0.05, 0) is 68.8 Å². The summed E-state index contributed by atoms with van der Waals surface area (Å²) >= 11 is 3.48. The smallest absolute Gasteiger partial charge is 0.410 e. The second kappa shape index (κ2) is 10.4. The number of anilines is 1. The van der Waals surface area contributed by atoms with Gasteiger partial charge >= 0.3 is 6.09 Å². The molecule has 0 aromatic heterocycles. The number of ether oxygens (including phenoxy) is 2. The van der Waals surface area contributed by atoms with Crippen molar-refractivity contribution in [3.8, 4) is 5.75 Å². The van der Waals surface area contributed by atoms with Gasteiger partial charge in [0.05, 0.1) is 12.7 Å². The predicted octanol–water partition coefficient (Wildman–Crippen LogP) is 5.55. The van der Waals surface area contributed by atoms with Crippen LogP contribution in [0.15, 0.2) is 46.9 Å². The highest BCUT2D eigenvalue weighted by Crippen LogP contribution is 2.28. The Morgan fingerprint density at radius 2 is 1.76 bits per heavy atom. The van der Waals surface area contributed by atoms with Crippen molar-refractivity contribution in [3.63, 3.8) is 0 Å². The van der Waals surface area contributed by atoms with Gasteiger partial charge in [0.15, 0.2) is 5.78 Å². The summed E-state index contributed by atoms with van der Waals surface area (Å²) < 4.78 is 25.6. The Kier molecular flexibility index (Phi) is 7.79. The minimum absolute atomic E-state index is 0.0189. The van der Waals surface area contributed by atoms with Crippen molar-refractivity contribution in [2.45, 2.75) is 26.4 Å². The van der Waals surface area contributed by atoms with Crippen LogP contribution < -0.4 is 9.64 Å². The Morgan fingerprint density at radius 3 is 2.36 bits per heavy atom. The van der Waals surface area contributed by atoms with Crippen LogP contribution in [0, 0.1) is 5.82 Å². The lowest BCUT2D eigenvalue weighted by Crippen LogP contribution is -2.50. The Bertz CT molecular complexity index is 1060. The van der Waals surface area contributed by atoms with Crippen LogP contribution in [0.5, 0.6) is 5.75 Å². The Morgan fingerprint density at radius 1 is 1.06 bits per heavy atom. The first kappa shape index (κ1) is 24.8. The third-order valence-corrected chi connectivity index (χ3v) is 5.61. The Balaban J connectivity index is 1.74. The predicted molar refractivity (Wildman–Crippen MR) is 130 cm³/mol. The van der Waals surface area contributed by atoms with Gasteiger partial charge in [0.25, 0.3) is 0 Å². The van der Waals surface area contributed by atoms with E-state index >= 15 is 0 Å². The second-order valence-corrected chi connectivity index (χ2v) is 9.62. The van der Waals surface area contributed by atoms with E-state index in [9.17, 15) is 14.0 Å². The number of carbonyl (C=O) groups is 2. The second-order valence-electron chi connectivity index (χ2n) is 8.70. The lowest BCUT2D eigenvalue weighted by molar-refractivity contribution is 0.0240. The highest BCUT2D eigenvalue weighted by atomic mass is 79.9. The number of halogens is 2. The summed E-state index contributed by atoms with van der Waals surface area (Å²) in [5.74, 6) is -0.708. The summed E-state index contributed by atoms with van der Waals surface area (Å²) in [7, 11) is 1.44. The van der Waals surface area contributed by atoms with E-state index in [1.54, 1.807) is 17.0 Å². The first-order valence-corrected chi connectivity index (χ1v) is 11.4. The van der Waals surface area contributed by atoms with Gasteiger partial charge in [-0.15, -0.1) is 0 Å². The highest BCUT2D eigenvalue weighted by molar-refractivity contribution is 9.10. The molecule has 0 aliphatic carbocycles. The van der Waals surface area contributed by atoms with Gasteiger partial charge < -0.3 is 19.3 Å². The largest absolute Gasteiger partial charge is 0.497 e. The van der Waals surface area contributed by atoms with Crippen LogP contribution in [0.2, 0.25) is 0 Å². The Hall–Kier alpha value is -2.87. The van der Waals surface area contributed by atoms with Crippen molar-refractivity contribution >= 4 is 39.6 Å². The molecule has 1 saturated heterocycles. The zero-order chi connectivity index (χ0) is 24.2. The number of hydrogen-bond acceptors (Lipinski definition) is 5. The fourth-order valence-electron chi connectivity index (χ4n) is 3.48. The van der Waals surface area contributed by atoms with E-state index < -0.39 is 17.2 Å². The number of methoxy groups -OCH3 is 1. The molecule has 1 fully saturated rings. The summed E-state index contributed by atoms with van der Waals surface area (Å²) in [5.41, 5.74) is 1.20. The van der Waals surface area contributed by atoms with Crippen LogP contribution in [-0.4, -0.2) is 55.7 Å². The van der Waals surface area contributed by atoms with Gasteiger partial charge in [0, 0.05) is 42.4 Å². The van der Waals surface area contributed by atoms with E-state index in [0.717, 1.165) is 15.7 Å². The van der Waals surface area contributed by atoms with Gasteiger partial charge in [0.2, 0.25) is 0 Å². The van der Waals surface area contributed by atoms with Gasteiger partial charge in [0.1, 0.15) is 17.2 Å². The summed E-state index contributed by atoms with van der Waals surface area (Å²) in [6.07, 6.45) is 2.74. The molecule has 2 aromatic carbocycles. The standard InChI is InChI=1S/C25H28BrFN2O4/c1-25(2,3)33-24(31)29-13-11-28(12-14-29)22-9-6-18(26)15-17(22)5-10-23(30)20-8-7-19(32-4)16-21(20)27/h5-10,15-16H,11-14H2,1-4H3/b10-5+. The van der Waals surface area contributed by atoms with E-state index in [1.807, 2.05) is 39.0 Å². The molecule has 1 aliphatic heterocycles. The lowest BCUT2D eigenvalue weighted by atomic mass is 10.1. The fraction of sp³-hybridized carbons (Fsp3) is 0.360. The molecule has 0 N–H and O–H groups in total. The summed E-state index contributed by atoms with van der Waals surface area (Å²) in [6.45, 7) is 7.86. The number of rotatable bonds is 5. The topological polar surface area (TPSA) is 59.1 Å². The molecule has 0 bridgehead atoms. The zero-order valence-corrected chi connectivity index (χ0v) is 20.8. The van der Waals surface area contributed by atoms with Crippen LogP contribution in [0.4, 0.5) is 14.9 Å². The monoisotopic (exact) mass is 518 g/mol. The summed E-state index contributed by atoms with van der Waals surface area (Å²) in [6, 6.07) is 9.96. The molecule has 0 spiro atoms. The maximum atomic E-state index is 14.3. The highest BCUT2D eigenvalue weighted by Gasteiger charge is 2.26. The first-order chi connectivity index (χ1) is 15.6. The van der Waals surface area contributed by atoms with Crippen LogP contribution in [0.25, 0.3) is 6.08 Å². The molecular formula is C25H28BrFN2O4. The van der Waals surface area contributed by atoms with Crippen molar-refractivity contribution in [2.24, 2.45) is 0 Å². The van der Waals surface area contributed by atoms with Crippen LogP contribution in [0.1, 0.15) is 36.7 Å². The number of benzene rings is 2. The van der Waals surface area contributed by atoms with E-state index in [0.29, 0.717) is 31.9 Å². The number of piperazine rings is 1. The van der Waals surface area contributed by atoms with Crippen molar-refractivity contribution in [3.05, 3.63) is 63.9 Å². The third kappa shape index (κ3) is 6.57. The maximum absolute atomic E-state index is 14.3. The SMILES string of the molecule is COc1ccc(C(=O)/C=C/c2cc(Br)ccc2N2CCN(C(=O)OC(C)(C)C)CC2)c(F)c1. The van der Waals surface area contributed by atoms with E-state index in [1.165, 1.54) is 25.3 Å². The van der Waals surface area contributed by atoms with Gasteiger partial charge in [-0.3, -0.25) is 4.79 Å². The van der Waals surface area contributed by atoms with E-state index in [4.69, 9.17) is 9.47 Å². The molecule has 6 nitrogen and oxygen atoms in total. The summed E-state index contributed by atoms with van der Waals surface area (Å²) in [5, 5.41) is 0. The van der Waals surface area contributed by atoms with Crippen molar-refractivity contribution in [1.29, 1.82) is 0 Å². The van der Waals surface area contributed by atoms with Gasteiger partial charge in [-0.2, -0.15) is 0 Å². The molecule has 176 valence electrons. The minimum atomic E-state index is -0.628. The van der Waals surface area contributed by atoms with Crippen LogP contribution in [-0.2, 0) is 4.74 Å². The molecule has 0 radical (unpaired) electrons. The molecule has 0 saturated carbocycles. The molecular weight excluding hydrogens is 491 g/mol. The normalized spacial score (nSPS) is 14.5. The molecule has 3 rings (SSSR count). The Labute approximate surface area is 202 Å². The molecule has 1 amide bonds. The van der Waals surface area contributed by atoms with E-state index in [-0.39, 0.29) is 11.7 Å². The molecule has 1 heterocycles. The lowest BCUT2D eigenvalue weighted by Gasteiger charge is -2.37. The average molecular weight is 519 g/mol. The first-order valence-electron chi connectivity index (χ1n) is 10.7. The van der Waals surface area contributed by atoms with Crippen molar-refractivity contribution in [2.75, 3.05) is 38.2 Å². The number of amides is 1. The third-order valence-electron chi connectivity index (χ3n) is 5.12. The quantitative estimate of drug-likeness (QED) is 0.383. The minimum Gasteiger partial charge on any atom is -0.497 e.